The number of rotatable bonds is 7. The van der Waals surface area contributed by atoms with Crippen LogP contribution in [0.25, 0.3) is 6.08 Å². The van der Waals surface area contributed by atoms with Crippen LogP contribution in [0.1, 0.15) is 5.56 Å². The highest BCUT2D eigenvalue weighted by Gasteiger charge is 2.36. The van der Waals surface area contributed by atoms with Crippen LogP contribution in [0.2, 0.25) is 5.02 Å². The highest BCUT2D eigenvalue weighted by molar-refractivity contribution is 8.18. The maximum absolute atomic E-state index is 13.6. The molecule has 2 aromatic carbocycles. The molecule has 3 amide bonds. The molecule has 8 nitrogen and oxygen atoms in total. The van der Waals surface area contributed by atoms with E-state index >= 15 is 0 Å². The molecule has 1 saturated heterocycles. The van der Waals surface area contributed by atoms with Crippen LogP contribution in [0, 0.1) is 5.82 Å². The first-order valence-electron chi connectivity index (χ1n) is 9.07. The van der Waals surface area contributed by atoms with Crippen LogP contribution in [-0.2, 0) is 19.1 Å². The van der Waals surface area contributed by atoms with Gasteiger partial charge in [-0.3, -0.25) is 24.1 Å². The number of amides is 3. The average Bonchev–Trinajstić information content (AvgIpc) is 3.02. The van der Waals surface area contributed by atoms with Gasteiger partial charge >= 0.3 is 5.97 Å². The molecule has 3 rings (SSSR count). The van der Waals surface area contributed by atoms with Gasteiger partial charge in [0, 0.05) is 0 Å². The second kappa shape index (κ2) is 10.3. The molecule has 0 radical (unpaired) electrons. The van der Waals surface area contributed by atoms with E-state index < -0.39 is 42.0 Å². The van der Waals surface area contributed by atoms with E-state index in [1.807, 2.05) is 0 Å². The zero-order valence-corrected chi connectivity index (χ0v) is 18.2. The highest BCUT2D eigenvalue weighted by atomic mass is 35.5. The Morgan fingerprint density at radius 3 is 2.66 bits per heavy atom. The number of benzene rings is 2. The lowest BCUT2D eigenvalue weighted by atomic mass is 10.2. The number of esters is 1. The first-order chi connectivity index (χ1) is 15.3. The van der Waals surface area contributed by atoms with Crippen molar-refractivity contribution in [1.29, 1.82) is 0 Å². The van der Waals surface area contributed by atoms with Crippen molar-refractivity contribution in [3.05, 3.63) is 63.8 Å². The summed E-state index contributed by atoms with van der Waals surface area (Å²) in [6, 6.07) is 10.3. The minimum atomic E-state index is -0.711. The van der Waals surface area contributed by atoms with Crippen molar-refractivity contribution in [2.45, 2.75) is 0 Å². The fourth-order valence-corrected chi connectivity index (χ4v) is 3.68. The van der Waals surface area contributed by atoms with Gasteiger partial charge in [-0.15, -0.1) is 0 Å². The second-order valence-corrected chi connectivity index (χ2v) is 7.75. The minimum Gasteiger partial charge on any atom is -0.482 e. The number of halogens is 2. The van der Waals surface area contributed by atoms with Gasteiger partial charge in [0.2, 0.25) is 0 Å². The number of thioether (sulfide) groups is 1. The van der Waals surface area contributed by atoms with E-state index in [4.69, 9.17) is 16.3 Å². The number of imide groups is 1. The van der Waals surface area contributed by atoms with Crippen molar-refractivity contribution < 1.29 is 33.0 Å². The third-order valence-electron chi connectivity index (χ3n) is 4.15. The van der Waals surface area contributed by atoms with E-state index in [-0.39, 0.29) is 21.4 Å². The number of anilines is 1. The molecule has 32 heavy (non-hydrogen) atoms. The molecule has 0 aliphatic carbocycles. The normalized spacial score (nSPS) is 14.6. The number of para-hydroxylation sites is 1. The predicted octanol–water partition coefficient (Wildman–Crippen LogP) is 3.71. The Labute approximate surface area is 191 Å². The number of ether oxygens (including phenoxy) is 2. The summed E-state index contributed by atoms with van der Waals surface area (Å²) in [6.07, 6.45) is 1.45. The average molecular weight is 479 g/mol. The summed E-state index contributed by atoms with van der Waals surface area (Å²) >= 11 is 6.88. The Kier molecular flexibility index (Phi) is 7.49. The van der Waals surface area contributed by atoms with Crippen molar-refractivity contribution in [2.24, 2.45) is 0 Å². The molecule has 0 aromatic heterocycles. The predicted molar refractivity (Wildman–Crippen MR) is 117 cm³/mol. The maximum atomic E-state index is 13.6. The Balaban J connectivity index is 1.63. The third kappa shape index (κ3) is 5.65. The van der Waals surface area contributed by atoms with E-state index in [1.165, 1.54) is 36.4 Å². The highest BCUT2D eigenvalue weighted by Crippen LogP contribution is 2.33. The molecule has 0 spiro atoms. The molecule has 1 aliphatic heterocycles. The fraction of sp³-hybridized carbons (Fsp3) is 0.143. The van der Waals surface area contributed by atoms with Gasteiger partial charge in [0.15, 0.2) is 6.61 Å². The molecule has 0 saturated carbocycles. The van der Waals surface area contributed by atoms with Crippen LogP contribution >= 0.6 is 23.4 Å². The van der Waals surface area contributed by atoms with Crippen LogP contribution in [0.3, 0.4) is 0 Å². The van der Waals surface area contributed by atoms with Gasteiger partial charge in [-0.2, -0.15) is 0 Å². The summed E-state index contributed by atoms with van der Waals surface area (Å²) in [6.45, 7) is -0.874. The number of methoxy groups -OCH3 is 1. The lowest BCUT2D eigenvalue weighted by molar-refractivity contribution is -0.143. The van der Waals surface area contributed by atoms with Gasteiger partial charge in [-0.25, -0.2) is 4.39 Å². The molecular formula is C21H16ClFN2O6S. The van der Waals surface area contributed by atoms with Crippen molar-refractivity contribution >= 4 is 58.1 Å². The molecular weight excluding hydrogens is 463 g/mol. The van der Waals surface area contributed by atoms with E-state index in [1.54, 1.807) is 12.1 Å². The van der Waals surface area contributed by atoms with Gasteiger partial charge in [0.1, 0.15) is 18.1 Å². The molecule has 11 heteroatoms. The van der Waals surface area contributed by atoms with Gasteiger partial charge in [-0.05, 0) is 47.7 Å². The largest absolute Gasteiger partial charge is 0.482 e. The summed E-state index contributed by atoms with van der Waals surface area (Å²) < 4.78 is 23.4. The minimum absolute atomic E-state index is 0.0312. The van der Waals surface area contributed by atoms with Crippen LogP contribution in [0.4, 0.5) is 14.9 Å². The zero-order chi connectivity index (χ0) is 23.3. The number of carbonyl (C=O) groups is 4. The molecule has 1 aliphatic rings. The second-order valence-electron chi connectivity index (χ2n) is 6.35. The first kappa shape index (κ1) is 23.3. The van der Waals surface area contributed by atoms with Gasteiger partial charge in [0.05, 0.1) is 22.7 Å². The van der Waals surface area contributed by atoms with Crippen molar-refractivity contribution in [1.82, 2.24) is 4.90 Å². The standard InChI is InChI=1S/C21H16ClFN2O6S/c1-30-19(27)10-25-20(28)17(32-21(25)29)9-12-6-7-16(13(22)8-12)31-11-18(26)24-15-5-3-2-4-14(15)23/h2-9H,10-11H2,1H3,(H,24,26). The molecule has 1 N–H and O–H groups in total. The molecule has 1 fully saturated rings. The van der Waals surface area contributed by atoms with Crippen molar-refractivity contribution in [3.8, 4) is 5.75 Å². The van der Waals surface area contributed by atoms with Gasteiger partial charge in [0.25, 0.3) is 17.1 Å². The SMILES string of the molecule is COC(=O)CN1C(=O)SC(=Cc2ccc(OCC(=O)Nc3ccccc3F)c(Cl)c2)C1=O. The Bertz CT molecular complexity index is 1120. The van der Waals surface area contributed by atoms with E-state index in [9.17, 15) is 23.6 Å². The van der Waals surface area contributed by atoms with E-state index in [0.717, 1.165) is 12.0 Å². The Morgan fingerprint density at radius 2 is 1.97 bits per heavy atom. The first-order valence-corrected chi connectivity index (χ1v) is 10.3. The topological polar surface area (TPSA) is 102 Å². The number of hydrogen-bond donors (Lipinski definition) is 1. The number of nitrogens with zero attached hydrogens (tertiary/aromatic N) is 1. The number of hydrogen-bond acceptors (Lipinski definition) is 7. The van der Waals surface area contributed by atoms with Crippen molar-refractivity contribution in [3.63, 3.8) is 0 Å². The molecule has 2 aromatic rings. The zero-order valence-electron chi connectivity index (χ0n) is 16.6. The summed E-state index contributed by atoms with van der Waals surface area (Å²) in [5, 5.41) is 1.96. The van der Waals surface area contributed by atoms with Crippen molar-refractivity contribution in [2.75, 3.05) is 25.6 Å². The van der Waals surface area contributed by atoms with E-state index in [0.29, 0.717) is 17.3 Å². The van der Waals surface area contributed by atoms with Crippen LogP contribution in [0.15, 0.2) is 47.4 Å². The molecule has 166 valence electrons. The maximum Gasteiger partial charge on any atom is 0.325 e. The summed E-state index contributed by atoms with van der Waals surface area (Å²) in [5.41, 5.74) is 0.533. The number of nitrogens with one attached hydrogen (secondary N) is 1. The molecule has 0 unspecified atom stereocenters. The molecule has 0 atom stereocenters. The Morgan fingerprint density at radius 1 is 1.22 bits per heavy atom. The summed E-state index contributed by atoms with van der Waals surface area (Å²) in [7, 11) is 1.16. The lowest BCUT2D eigenvalue weighted by Gasteiger charge is -2.10. The molecule has 0 bridgehead atoms. The monoisotopic (exact) mass is 478 g/mol. The quantitative estimate of drug-likeness (QED) is 0.478. The van der Waals surface area contributed by atoms with E-state index in [2.05, 4.69) is 10.1 Å². The third-order valence-corrected chi connectivity index (χ3v) is 5.35. The summed E-state index contributed by atoms with van der Waals surface area (Å²) in [5.74, 6) is -2.27. The van der Waals surface area contributed by atoms with Crippen LogP contribution < -0.4 is 10.1 Å². The fourth-order valence-electron chi connectivity index (χ4n) is 2.60. The molecule has 1 heterocycles. The van der Waals surface area contributed by atoms with Crippen LogP contribution in [0.5, 0.6) is 5.75 Å². The van der Waals surface area contributed by atoms with Crippen LogP contribution in [-0.4, -0.2) is 48.2 Å². The van der Waals surface area contributed by atoms with Gasteiger partial charge in [-0.1, -0.05) is 29.8 Å². The van der Waals surface area contributed by atoms with Gasteiger partial charge < -0.3 is 14.8 Å². The number of carbonyl (C=O) groups excluding carboxylic acids is 4. The summed E-state index contributed by atoms with van der Waals surface area (Å²) in [4.78, 5) is 48.6. The Hall–Kier alpha value is -3.37. The lowest BCUT2D eigenvalue weighted by Crippen LogP contribution is -2.34. The smallest absolute Gasteiger partial charge is 0.325 e.